The fourth-order valence-corrected chi connectivity index (χ4v) is 4.07. The Morgan fingerprint density at radius 2 is 1.11 bits per heavy atom. The van der Waals surface area contributed by atoms with E-state index in [2.05, 4.69) is 108 Å². The van der Waals surface area contributed by atoms with E-state index in [1.807, 2.05) is 0 Å². The molecular weight excluding hydrogens is 364 g/mol. The van der Waals surface area contributed by atoms with Crippen LogP contribution in [0.4, 0.5) is 0 Å². The Morgan fingerprint density at radius 1 is 0.679 bits per heavy atom. The van der Waals surface area contributed by atoms with Gasteiger partial charge in [-0.1, -0.05) is 104 Å². The summed E-state index contributed by atoms with van der Waals surface area (Å²) >= 11 is 3.58. The van der Waals surface area contributed by atoms with Gasteiger partial charge in [0.1, 0.15) is 0 Å². The van der Waals surface area contributed by atoms with E-state index in [1.165, 1.54) is 16.7 Å². The van der Waals surface area contributed by atoms with E-state index in [0.717, 1.165) is 25.7 Å². The Kier molecular flexibility index (Phi) is 7.32. The van der Waals surface area contributed by atoms with Gasteiger partial charge < -0.3 is 4.18 Å². The molecule has 0 radical (unpaired) electrons. The van der Waals surface area contributed by atoms with Crippen molar-refractivity contribution in [2.75, 3.05) is 0 Å². The molecule has 0 fully saturated rings. The third-order valence-electron chi connectivity index (χ3n) is 5.33. The van der Waals surface area contributed by atoms with Crippen LogP contribution in [0.3, 0.4) is 0 Å². The van der Waals surface area contributed by atoms with Crippen molar-refractivity contribution in [3.8, 4) is 0 Å². The van der Waals surface area contributed by atoms with Gasteiger partial charge in [-0.15, -0.1) is 0 Å². The van der Waals surface area contributed by atoms with Gasteiger partial charge >= 0.3 is 5.97 Å². The molecule has 28 heavy (non-hydrogen) atoms. The van der Waals surface area contributed by atoms with Crippen LogP contribution >= 0.6 is 12.9 Å². The van der Waals surface area contributed by atoms with Crippen LogP contribution in [0.15, 0.2) is 91.0 Å². The maximum absolute atomic E-state index is 11.3. The third kappa shape index (κ3) is 4.66. The van der Waals surface area contributed by atoms with Gasteiger partial charge in [0.15, 0.2) is 0 Å². The van der Waals surface area contributed by atoms with Crippen molar-refractivity contribution in [2.45, 2.75) is 37.5 Å². The number of thiol groups is 1. The van der Waals surface area contributed by atoms with Gasteiger partial charge in [0.2, 0.25) is 0 Å². The predicted molar refractivity (Wildman–Crippen MR) is 117 cm³/mol. The molecule has 0 aliphatic rings. The highest BCUT2D eigenvalue weighted by atomic mass is 32.1. The summed E-state index contributed by atoms with van der Waals surface area (Å²) < 4.78 is 4.46. The van der Waals surface area contributed by atoms with Gasteiger partial charge in [-0.25, -0.2) is 0 Å². The maximum atomic E-state index is 11.3. The number of unbranched alkanes of at least 4 members (excludes halogenated alkanes) is 2. The van der Waals surface area contributed by atoms with Gasteiger partial charge in [0.05, 0.1) is 0 Å². The molecule has 0 aliphatic heterocycles. The number of hydrogen-bond donors (Lipinski definition) is 1. The number of carbonyl (C=O) groups is 1. The van der Waals surface area contributed by atoms with Crippen LogP contribution in [0.2, 0.25) is 0 Å². The average molecular weight is 391 g/mol. The zero-order valence-electron chi connectivity index (χ0n) is 16.0. The largest absolute Gasteiger partial charge is 0.395 e. The van der Waals surface area contributed by atoms with E-state index in [9.17, 15) is 4.79 Å². The van der Waals surface area contributed by atoms with Crippen molar-refractivity contribution in [2.24, 2.45) is 0 Å². The Hall–Kier alpha value is -2.52. The van der Waals surface area contributed by atoms with E-state index < -0.39 is 0 Å². The molecule has 0 N–H and O–H groups in total. The lowest BCUT2D eigenvalue weighted by molar-refractivity contribution is -0.132. The van der Waals surface area contributed by atoms with Crippen LogP contribution in [-0.4, -0.2) is 5.97 Å². The second-order valence-corrected chi connectivity index (χ2v) is 7.21. The molecule has 0 aromatic heterocycles. The van der Waals surface area contributed by atoms with E-state index in [4.69, 9.17) is 0 Å². The molecule has 0 heterocycles. The Balaban J connectivity index is 1.96. The first-order valence-electron chi connectivity index (χ1n) is 9.78. The molecule has 0 saturated carbocycles. The quantitative estimate of drug-likeness (QED) is 0.199. The highest BCUT2D eigenvalue weighted by Gasteiger charge is 2.35. The fraction of sp³-hybridized carbons (Fsp3) is 0.240. The molecule has 3 rings (SSSR count). The Morgan fingerprint density at radius 3 is 1.50 bits per heavy atom. The zero-order valence-corrected chi connectivity index (χ0v) is 16.9. The second kappa shape index (κ2) is 10.1. The summed E-state index contributed by atoms with van der Waals surface area (Å²) in [6.07, 6.45) is 4.18. The van der Waals surface area contributed by atoms with E-state index in [1.54, 1.807) is 0 Å². The fourth-order valence-electron chi connectivity index (χ4n) is 3.98. The van der Waals surface area contributed by atoms with Crippen molar-refractivity contribution in [1.82, 2.24) is 0 Å². The highest BCUT2D eigenvalue weighted by Crippen LogP contribution is 2.43. The molecule has 3 heteroatoms. The summed E-state index contributed by atoms with van der Waals surface area (Å²) in [6.45, 7) is 0. The molecular formula is C25H26O2S. The van der Waals surface area contributed by atoms with Crippen molar-refractivity contribution >= 4 is 18.9 Å². The predicted octanol–water partition coefficient (Wildman–Crippen LogP) is 6.36. The van der Waals surface area contributed by atoms with E-state index in [-0.39, 0.29) is 11.4 Å². The number of carbonyl (C=O) groups excluding carboxylic acids is 1. The Labute approximate surface area is 173 Å². The lowest BCUT2D eigenvalue weighted by atomic mass is 9.66. The summed E-state index contributed by atoms with van der Waals surface area (Å²) in [7, 11) is 0. The van der Waals surface area contributed by atoms with E-state index >= 15 is 0 Å². The van der Waals surface area contributed by atoms with Crippen LogP contribution < -0.4 is 0 Å². The summed E-state index contributed by atoms with van der Waals surface area (Å²) in [5, 5.41) is 0. The summed E-state index contributed by atoms with van der Waals surface area (Å²) in [4.78, 5) is 11.3. The smallest absolute Gasteiger partial charge is 0.317 e. The summed E-state index contributed by atoms with van der Waals surface area (Å²) in [6, 6.07) is 32.2. The van der Waals surface area contributed by atoms with Crippen LogP contribution in [0.1, 0.15) is 48.8 Å². The minimum Gasteiger partial charge on any atom is -0.395 e. The molecule has 0 amide bonds. The van der Waals surface area contributed by atoms with E-state index in [0.29, 0.717) is 6.42 Å². The first kappa shape index (κ1) is 20.2. The summed E-state index contributed by atoms with van der Waals surface area (Å²) in [5.74, 6) is -0.260. The van der Waals surface area contributed by atoms with Gasteiger partial charge in [0.25, 0.3) is 0 Å². The molecule has 0 aliphatic carbocycles. The van der Waals surface area contributed by atoms with Crippen molar-refractivity contribution in [3.63, 3.8) is 0 Å². The third-order valence-corrected chi connectivity index (χ3v) is 5.54. The SMILES string of the molecule is O=C(CCCCCC(c1ccccc1)(c1ccccc1)c1ccccc1)OS. The number of rotatable bonds is 9. The molecule has 0 spiro atoms. The monoisotopic (exact) mass is 390 g/mol. The molecule has 2 nitrogen and oxygen atoms in total. The zero-order chi connectivity index (χ0) is 19.7. The van der Waals surface area contributed by atoms with Crippen molar-refractivity contribution in [1.29, 1.82) is 0 Å². The molecule has 0 bridgehead atoms. The van der Waals surface area contributed by atoms with Crippen LogP contribution in [0.25, 0.3) is 0 Å². The second-order valence-electron chi connectivity index (χ2n) is 7.03. The maximum Gasteiger partial charge on any atom is 0.317 e. The van der Waals surface area contributed by atoms with Crippen LogP contribution in [0, 0.1) is 0 Å². The highest BCUT2D eigenvalue weighted by molar-refractivity contribution is 7.75. The normalized spacial score (nSPS) is 11.2. The summed E-state index contributed by atoms with van der Waals surface area (Å²) in [5.41, 5.74) is 3.67. The van der Waals surface area contributed by atoms with Crippen molar-refractivity contribution < 1.29 is 8.98 Å². The lowest BCUT2D eigenvalue weighted by Gasteiger charge is -2.36. The topological polar surface area (TPSA) is 26.3 Å². The lowest BCUT2D eigenvalue weighted by Crippen LogP contribution is -2.29. The van der Waals surface area contributed by atoms with Crippen LogP contribution in [-0.2, 0) is 14.4 Å². The molecule has 3 aromatic carbocycles. The minimum absolute atomic E-state index is 0.214. The van der Waals surface area contributed by atoms with Gasteiger partial charge in [-0.2, -0.15) is 0 Å². The van der Waals surface area contributed by atoms with Gasteiger partial charge in [-0.3, -0.25) is 4.79 Å². The van der Waals surface area contributed by atoms with Crippen LogP contribution in [0.5, 0.6) is 0 Å². The number of hydrogen-bond acceptors (Lipinski definition) is 3. The molecule has 0 atom stereocenters. The van der Waals surface area contributed by atoms with Gasteiger partial charge in [0, 0.05) is 24.7 Å². The Bertz CT molecular complexity index is 751. The molecule has 0 unspecified atom stereocenters. The van der Waals surface area contributed by atoms with Crippen molar-refractivity contribution in [3.05, 3.63) is 108 Å². The first-order chi connectivity index (χ1) is 13.8. The molecule has 3 aromatic rings. The molecule has 0 saturated heterocycles. The molecule has 144 valence electrons. The first-order valence-corrected chi connectivity index (χ1v) is 10.1. The van der Waals surface area contributed by atoms with Gasteiger partial charge in [-0.05, 0) is 29.5 Å². The number of benzene rings is 3. The average Bonchev–Trinajstić information content (AvgIpc) is 2.78. The standard InChI is InChI=1S/C25H26O2S/c26-24(27-28)19-11-4-12-20-25(21-13-5-1-6-14-21,22-15-7-2-8-16-22)23-17-9-3-10-18-23/h1-3,5-10,13-18,28H,4,11-12,19-20H2. The minimum atomic E-state index is -0.260.